The van der Waals surface area contributed by atoms with E-state index in [1.54, 1.807) is 0 Å². The lowest BCUT2D eigenvalue weighted by Gasteiger charge is -2.35. The average molecular weight is 413 g/mol. The standard InChI is InChI=1S/C22H25BrN2O/c1-22(2)13-19-17(20(26)14-22)12-18(23)21(24-19)25-10-8-16(9-11-25)15-6-4-3-5-7-15/h3-7,12,16H,8-11,13-14H2,1-2H3. The fourth-order valence-corrected chi connectivity index (χ4v) is 4.88. The summed E-state index contributed by atoms with van der Waals surface area (Å²) in [6, 6.07) is 12.8. The maximum atomic E-state index is 12.5. The molecule has 0 saturated carbocycles. The van der Waals surface area contributed by atoms with Gasteiger partial charge >= 0.3 is 0 Å². The molecule has 0 N–H and O–H groups in total. The number of piperidine rings is 1. The predicted molar refractivity (Wildman–Crippen MR) is 109 cm³/mol. The van der Waals surface area contributed by atoms with Crippen molar-refractivity contribution in [2.24, 2.45) is 5.41 Å². The number of aromatic nitrogens is 1. The Morgan fingerprint density at radius 1 is 1.12 bits per heavy atom. The van der Waals surface area contributed by atoms with Crippen LogP contribution < -0.4 is 4.90 Å². The molecule has 2 heterocycles. The molecule has 0 unspecified atom stereocenters. The Morgan fingerprint density at radius 3 is 2.50 bits per heavy atom. The van der Waals surface area contributed by atoms with E-state index in [1.807, 2.05) is 6.07 Å². The lowest BCUT2D eigenvalue weighted by Crippen LogP contribution is -2.35. The number of benzene rings is 1. The largest absolute Gasteiger partial charge is 0.356 e. The van der Waals surface area contributed by atoms with Crippen molar-refractivity contribution in [2.45, 2.75) is 45.4 Å². The molecule has 136 valence electrons. The summed E-state index contributed by atoms with van der Waals surface area (Å²) in [5.41, 5.74) is 3.22. The Labute approximate surface area is 163 Å². The molecule has 0 bridgehead atoms. The third kappa shape index (κ3) is 3.44. The van der Waals surface area contributed by atoms with Gasteiger partial charge in [-0.05, 0) is 58.2 Å². The second-order valence-corrected chi connectivity index (χ2v) is 9.26. The predicted octanol–water partition coefficient (Wildman–Crippen LogP) is 5.38. The summed E-state index contributed by atoms with van der Waals surface area (Å²) in [5, 5.41) is 0. The fraction of sp³-hybridized carbons (Fsp3) is 0.455. The molecule has 1 aromatic carbocycles. The number of rotatable bonds is 2. The van der Waals surface area contributed by atoms with Gasteiger partial charge in [0, 0.05) is 25.1 Å². The van der Waals surface area contributed by atoms with Crippen molar-refractivity contribution in [3.63, 3.8) is 0 Å². The summed E-state index contributed by atoms with van der Waals surface area (Å²) >= 11 is 3.67. The number of carbonyl (C=O) groups is 1. The van der Waals surface area contributed by atoms with E-state index in [0.717, 1.165) is 53.9 Å². The van der Waals surface area contributed by atoms with Crippen LogP contribution in [-0.2, 0) is 6.42 Å². The molecule has 1 saturated heterocycles. The van der Waals surface area contributed by atoms with Crippen LogP contribution in [0.4, 0.5) is 5.82 Å². The molecule has 0 amide bonds. The fourth-order valence-electron chi connectivity index (χ4n) is 4.31. The van der Waals surface area contributed by atoms with Crippen LogP contribution in [0.1, 0.15) is 60.6 Å². The van der Waals surface area contributed by atoms with Crippen molar-refractivity contribution < 1.29 is 4.79 Å². The summed E-state index contributed by atoms with van der Waals surface area (Å²) < 4.78 is 0.947. The summed E-state index contributed by atoms with van der Waals surface area (Å²) in [6.45, 7) is 6.31. The van der Waals surface area contributed by atoms with Crippen LogP contribution in [0.15, 0.2) is 40.9 Å². The van der Waals surface area contributed by atoms with Crippen molar-refractivity contribution >= 4 is 27.5 Å². The molecule has 2 aromatic rings. The van der Waals surface area contributed by atoms with Gasteiger partial charge in [-0.3, -0.25) is 4.79 Å². The summed E-state index contributed by atoms with van der Waals surface area (Å²) in [7, 11) is 0. The monoisotopic (exact) mass is 412 g/mol. The molecule has 26 heavy (non-hydrogen) atoms. The second-order valence-electron chi connectivity index (χ2n) is 8.40. The Bertz CT molecular complexity index is 824. The summed E-state index contributed by atoms with van der Waals surface area (Å²) in [4.78, 5) is 19.8. The molecule has 1 aliphatic heterocycles. The molecule has 1 fully saturated rings. The van der Waals surface area contributed by atoms with Gasteiger partial charge in [0.1, 0.15) is 5.82 Å². The van der Waals surface area contributed by atoms with Crippen molar-refractivity contribution in [3.05, 3.63) is 57.7 Å². The number of ketones is 1. The third-order valence-corrected chi connectivity index (χ3v) is 6.27. The molecular weight excluding hydrogens is 388 g/mol. The molecule has 1 aromatic heterocycles. The number of nitrogens with zero attached hydrogens (tertiary/aromatic N) is 2. The molecular formula is C22H25BrN2O. The number of carbonyl (C=O) groups excluding carboxylic acids is 1. The van der Waals surface area contributed by atoms with Crippen LogP contribution in [0, 0.1) is 5.41 Å². The van der Waals surface area contributed by atoms with E-state index in [2.05, 4.69) is 65.0 Å². The molecule has 2 aliphatic rings. The van der Waals surface area contributed by atoms with Gasteiger partial charge in [0.2, 0.25) is 0 Å². The molecule has 3 nitrogen and oxygen atoms in total. The highest BCUT2D eigenvalue weighted by atomic mass is 79.9. The highest BCUT2D eigenvalue weighted by Gasteiger charge is 2.33. The first-order valence-corrected chi connectivity index (χ1v) is 10.2. The zero-order chi connectivity index (χ0) is 18.3. The third-order valence-electron chi connectivity index (χ3n) is 5.69. The van der Waals surface area contributed by atoms with E-state index in [-0.39, 0.29) is 11.2 Å². The number of hydrogen-bond acceptors (Lipinski definition) is 3. The van der Waals surface area contributed by atoms with Gasteiger partial charge in [-0.1, -0.05) is 44.2 Å². The van der Waals surface area contributed by atoms with Crippen LogP contribution in [-0.4, -0.2) is 23.9 Å². The molecule has 1 aliphatic carbocycles. The number of hydrogen-bond donors (Lipinski definition) is 0. The van der Waals surface area contributed by atoms with Crippen molar-refractivity contribution in [2.75, 3.05) is 18.0 Å². The van der Waals surface area contributed by atoms with Crippen molar-refractivity contribution in [1.82, 2.24) is 4.98 Å². The molecule has 0 atom stereocenters. The minimum absolute atomic E-state index is 0.00247. The molecule has 0 radical (unpaired) electrons. The number of pyridine rings is 1. The zero-order valence-corrected chi connectivity index (χ0v) is 17.1. The van der Waals surface area contributed by atoms with Gasteiger partial charge in [0.15, 0.2) is 5.78 Å². The average Bonchev–Trinajstić information content (AvgIpc) is 2.62. The van der Waals surface area contributed by atoms with E-state index in [4.69, 9.17) is 4.98 Å². The lowest BCUT2D eigenvalue weighted by molar-refractivity contribution is 0.0910. The molecule has 4 rings (SSSR count). The Kier molecular flexibility index (Phi) is 4.64. The number of anilines is 1. The van der Waals surface area contributed by atoms with Gasteiger partial charge in [-0.2, -0.15) is 0 Å². The van der Waals surface area contributed by atoms with E-state index in [1.165, 1.54) is 5.56 Å². The highest BCUT2D eigenvalue weighted by molar-refractivity contribution is 9.10. The maximum Gasteiger partial charge on any atom is 0.165 e. The first-order valence-electron chi connectivity index (χ1n) is 9.45. The minimum Gasteiger partial charge on any atom is -0.356 e. The first-order chi connectivity index (χ1) is 12.4. The SMILES string of the molecule is CC1(C)CC(=O)c2cc(Br)c(N3CCC(c4ccccc4)CC3)nc2C1. The quantitative estimate of drug-likeness (QED) is 0.663. The molecule has 0 spiro atoms. The summed E-state index contributed by atoms with van der Waals surface area (Å²) in [5.74, 6) is 1.85. The van der Waals surface area contributed by atoms with E-state index in [9.17, 15) is 4.79 Å². The number of halogens is 1. The van der Waals surface area contributed by atoms with Crippen LogP contribution in [0.3, 0.4) is 0 Å². The van der Waals surface area contributed by atoms with Gasteiger partial charge in [-0.15, -0.1) is 0 Å². The first kappa shape index (κ1) is 17.7. The smallest absolute Gasteiger partial charge is 0.165 e. The Morgan fingerprint density at radius 2 is 1.81 bits per heavy atom. The maximum absolute atomic E-state index is 12.5. The van der Waals surface area contributed by atoms with Gasteiger partial charge < -0.3 is 4.90 Å². The topological polar surface area (TPSA) is 33.2 Å². The van der Waals surface area contributed by atoms with E-state index in [0.29, 0.717) is 12.3 Å². The van der Waals surface area contributed by atoms with Crippen LogP contribution >= 0.6 is 15.9 Å². The van der Waals surface area contributed by atoms with E-state index < -0.39 is 0 Å². The van der Waals surface area contributed by atoms with Crippen LogP contribution in [0.2, 0.25) is 0 Å². The normalized spacial score (nSPS) is 20.1. The van der Waals surface area contributed by atoms with Gasteiger partial charge in [0.05, 0.1) is 10.2 Å². The Hall–Kier alpha value is -1.68. The van der Waals surface area contributed by atoms with Gasteiger partial charge in [-0.25, -0.2) is 4.98 Å². The Balaban J connectivity index is 1.55. The van der Waals surface area contributed by atoms with Crippen molar-refractivity contribution in [3.8, 4) is 0 Å². The number of Topliss-reactive ketones (excluding diaryl/α,β-unsaturated/α-hetero) is 1. The lowest BCUT2D eigenvalue weighted by atomic mass is 9.75. The zero-order valence-electron chi connectivity index (χ0n) is 15.5. The molecule has 4 heteroatoms. The number of fused-ring (bicyclic) bond motifs is 1. The van der Waals surface area contributed by atoms with Crippen LogP contribution in [0.25, 0.3) is 0 Å². The van der Waals surface area contributed by atoms with Crippen LogP contribution in [0.5, 0.6) is 0 Å². The van der Waals surface area contributed by atoms with Crippen molar-refractivity contribution in [1.29, 1.82) is 0 Å². The second kappa shape index (κ2) is 6.80. The van der Waals surface area contributed by atoms with Gasteiger partial charge in [0.25, 0.3) is 0 Å². The minimum atomic E-state index is 0.00247. The highest BCUT2D eigenvalue weighted by Crippen LogP contribution is 2.38. The summed E-state index contributed by atoms with van der Waals surface area (Å²) in [6.07, 6.45) is 3.75. The van der Waals surface area contributed by atoms with E-state index >= 15 is 0 Å².